The summed E-state index contributed by atoms with van der Waals surface area (Å²) in [5, 5.41) is 11.1. The average Bonchev–Trinajstić information content (AvgIpc) is 2.61. The number of likely N-dealkylation sites (N-methyl/N-ethyl adjacent to an activating group) is 1. The van der Waals surface area contributed by atoms with Gasteiger partial charge in [0.1, 0.15) is 12.1 Å². The fourth-order valence-corrected chi connectivity index (χ4v) is 3.38. The lowest BCUT2D eigenvalue weighted by atomic mass is 9.92. The lowest BCUT2D eigenvalue weighted by Crippen LogP contribution is -2.54. The van der Waals surface area contributed by atoms with E-state index in [4.69, 9.17) is 0 Å². The van der Waals surface area contributed by atoms with E-state index in [1.807, 2.05) is 26.0 Å². The summed E-state index contributed by atoms with van der Waals surface area (Å²) in [7, 11) is 1.72. The van der Waals surface area contributed by atoms with Gasteiger partial charge in [0.15, 0.2) is 0 Å². The number of aromatic nitrogens is 3. The molecule has 3 heterocycles. The largest absolute Gasteiger partial charge is 0.386 e. The maximum Gasteiger partial charge on any atom is 0.255 e. The van der Waals surface area contributed by atoms with Crippen LogP contribution in [0.4, 0.5) is 5.82 Å². The number of amides is 1. The molecule has 1 aliphatic heterocycles. The summed E-state index contributed by atoms with van der Waals surface area (Å²) in [6.45, 7) is 5.33. The molecule has 0 aliphatic carbocycles. The Kier molecular flexibility index (Phi) is 5.18. The predicted molar refractivity (Wildman–Crippen MR) is 99.1 cm³/mol. The number of hydrogen-bond donors (Lipinski definition) is 1. The third-order valence-electron chi connectivity index (χ3n) is 4.71. The van der Waals surface area contributed by atoms with Gasteiger partial charge in [0.05, 0.1) is 17.7 Å². The van der Waals surface area contributed by atoms with Gasteiger partial charge >= 0.3 is 0 Å². The van der Waals surface area contributed by atoms with Gasteiger partial charge in [-0.1, -0.05) is 0 Å². The zero-order valence-corrected chi connectivity index (χ0v) is 15.5. The van der Waals surface area contributed by atoms with E-state index in [1.54, 1.807) is 30.5 Å². The van der Waals surface area contributed by atoms with Gasteiger partial charge in [0.2, 0.25) is 0 Å². The first-order valence-electron chi connectivity index (χ1n) is 8.80. The number of carbonyl (C=O) groups is 1. The van der Waals surface area contributed by atoms with Gasteiger partial charge in [-0.25, -0.2) is 9.97 Å². The second-order valence-electron chi connectivity index (χ2n) is 7.12. The van der Waals surface area contributed by atoms with E-state index in [0.29, 0.717) is 18.5 Å². The topological polar surface area (TPSA) is 82.5 Å². The van der Waals surface area contributed by atoms with Gasteiger partial charge in [-0.3, -0.25) is 9.78 Å². The number of pyridine rings is 1. The third-order valence-corrected chi connectivity index (χ3v) is 4.71. The summed E-state index contributed by atoms with van der Waals surface area (Å²) in [5.74, 6) is 0.674. The highest BCUT2D eigenvalue weighted by atomic mass is 16.3. The number of carbonyl (C=O) groups excluding carboxylic acids is 1. The van der Waals surface area contributed by atoms with E-state index in [0.717, 1.165) is 30.2 Å². The van der Waals surface area contributed by atoms with Crippen molar-refractivity contribution in [2.45, 2.75) is 32.3 Å². The van der Waals surface area contributed by atoms with Crippen LogP contribution in [0.5, 0.6) is 0 Å². The van der Waals surface area contributed by atoms with Gasteiger partial charge in [-0.15, -0.1) is 0 Å². The van der Waals surface area contributed by atoms with Crippen molar-refractivity contribution in [2.24, 2.45) is 0 Å². The smallest absolute Gasteiger partial charge is 0.255 e. The Morgan fingerprint density at radius 1 is 1.27 bits per heavy atom. The van der Waals surface area contributed by atoms with Crippen molar-refractivity contribution < 1.29 is 9.90 Å². The van der Waals surface area contributed by atoms with E-state index in [-0.39, 0.29) is 12.5 Å². The van der Waals surface area contributed by atoms with Gasteiger partial charge in [-0.05, 0) is 38.8 Å². The number of nitrogens with zero attached hydrogens (tertiary/aromatic N) is 5. The van der Waals surface area contributed by atoms with Gasteiger partial charge in [0.25, 0.3) is 5.91 Å². The fraction of sp³-hybridized carbons (Fsp3) is 0.474. The standard InChI is InChI=1S/C19H25N5O2/c1-14-5-6-16(10-20-14)18(25)23(3)11-19(26)7-4-8-24(12-19)17-9-15(2)21-13-22-17/h5-6,9-10,13,26H,4,7-8,11-12H2,1-3H3. The summed E-state index contributed by atoms with van der Waals surface area (Å²) < 4.78 is 0. The molecule has 7 nitrogen and oxygen atoms in total. The number of aryl methyl sites for hydroxylation is 2. The molecule has 0 aromatic carbocycles. The van der Waals surface area contributed by atoms with Crippen molar-refractivity contribution in [3.8, 4) is 0 Å². The molecular formula is C19H25N5O2. The first kappa shape index (κ1) is 18.3. The van der Waals surface area contributed by atoms with Crippen LogP contribution in [0.25, 0.3) is 0 Å². The Morgan fingerprint density at radius 3 is 2.77 bits per heavy atom. The SMILES string of the molecule is Cc1ccc(C(=O)N(C)CC2(O)CCCN(c3cc(C)ncn3)C2)cn1. The Hall–Kier alpha value is -2.54. The number of aliphatic hydroxyl groups is 1. The minimum atomic E-state index is -0.973. The summed E-state index contributed by atoms with van der Waals surface area (Å²) in [4.78, 5) is 28.8. The molecule has 1 unspecified atom stereocenters. The number of rotatable bonds is 4. The Morgan fingerprint density at radius 2 is 2.08 bits per heavy atom. The van der Waals surface area contributed by atoms with Crippen LogP contribution in [0.15, 0.2) is 30.7 Å². The summed E-state index contributed by atoms with van der Waals surface area (Å²) >= 11 is 0. The van der Waals surface area contributed by atoms with Crippen molar-refractivity contribution in [1.29, 1.82) is 0 Å². The van der Waals surface area contributed by atoms with Crippen LogP contribution in [-0.2, 0) is 0 Å². The Balaban J connectivity index is 1.69. The van der Waals surface area contributed by atoms with Crippen LogP contribution in [0.2, 0.25) is 0 Å². The number of anilines is 1. The minimum Gasteiger partial charge on any atom is -0.386 e. The normalized spacial score (nSPS) is 20.1. The highest BCUT2D eigenvalue weighted by molar-refractivity contribution is 5.93. The molecule has 1 atom stereocenters. The molecule has 1 fully saturated rings. The molecule has 2 aromatic rings. The lowest BCUT2D eigenvalue weighted by molar-refractivity contribution is -0.000152. The molecule has 1 saturated heterocycles. The first-order valence-corrected chi connectivity index (χ1v) is 8.80. The molecule has 0 bridgehead atoms. The highest BCUT2D eigenvalue weighted by Gasteiger charge is 2.36. The van der Waals surface area contributed by atoms with Crippen LogP contribution in [0, 0.1) is 13.8 Å². The molecule has 2 aromatic heterocycles. The van der Waals surface area contributed by atoms with E-state index in [2.05, 4.69) is 19.9 Å². The summed E-state index contributed by atoms with van der Waals surface area (Å²) in [6.07, 6.45) is 4.61. The quantitative estimate of drug-likeness (QED) is 0.897. The van der Waals surface area contributed by atoms with E-state index in [1.165, 1.54) is 0 Å². The zero-order chi connectivity index (χ0) is 18.7. The van der Waals surface area contributed by atoms with Crippen LogP contribution in [0.3, 0.4) is 0 Å². The molecular weight excluding hydrogens is 330 g/mol. The molecule has 1 N–H and O–H groups in total. The highest BCUT2D eigenvalue weighted by Crippen LogP contribution is 2.26. The number of β-amino-alcohol motifs (C(OH)–C–C–N with tert-alkyl or cyclic N) is 1. The zero-order valence-electron chi connectivity index (χ0n) is 15.5. The van der Waals surface area contributed by atoms with E-state index < -0.39 is 5.60 Å². The molecule has 0 radical (unpaired) electrons. The van der Waals surface area contributed by atoms with Crippen LogP contribution in [0.1, 0.15) is 34.6 Å². The maximum atomic E-state index is 12.6. The van der Waals surface area contributed by atoms with E-state index in [9.17, 15) is 9.90 Å². The van der Waals surface area contributed by atoms with E-state index >= 15 is 0 Å². The number of hydrogen-bond acceptors (Lipinski definition) is 6. The molecule has 26 heavy (non-hydrogen) atoms. The Bertz CT molecular complexity index is 780. The summed E-state index contributed by atoms with van der Waals surface area (Å²) in [5.41, 5.74) is 1.31. The molecule has 7 heteroatoms. The van der Waals surface area contributed by atoms with Gasteiger partial charge in [-0.2, -0.15) is 0 Å². The molecule has 1 amide bonds. The second-order valence-corrected chi connectivity index (χ2v) is 7.12. The third kappa shape index (κ3) is 4.16. The molecule has 1 aliphatic rings. The first-order chi connectivity index (χ1) is 12.4. The minimum absolute atomic E-state index is 0.138. The van der Waals surface area contributed by atoms with Crippen molar-refractivity contribution in [3.63, 3.8) is 0 Å². The van der Waals surface area contributed by atoms with Crippen molar-refractivity contribution >= 4 is 11.7 Å². The van der Waals surface area contributed by atoms with Crippen LogP contribution < -0.4 is 4.90 Å². The molecule has 138 valence electrons. The van der Waals surface area contributed by atoms with Gasteiger partial charge in [0, 0.05) is 43.8 Å². The van der Waals surface area contributed by atoms with Crippen molar-refractivity contribution in [1.82, 2.24) is 19.9 Å². The maximum absolute atomic E-state index is 12.6. The fourth-order valence-electron chi connectivity index (χ4n) is 3.38. The van der Waals surface area contributed by atoms with Crippen molar-refractivity contribution in [2.75, 3.05) is 31.6 Å². The lowest BCUT2D eigenvalue weighted by Gasteiger charge is -2.41. The summed E-state index contributed by atoms with van der Waals surface area (Å²) in [6, 6.07) is 5.50. The molecule has 3 rings (SSSR count). The molecule has 0 spiro atoms. The van der Waals surface area contributed by atoms with Crippen LogP contribution in [-0.4, -0.2) is 63.1 Å². The molecule has 0 saturated carbocycles. The Labute approximate surface area is 153 Å². The average molecular weight is 355 g/mol. The predicted octanol–water partition coefficient (Wildman–Crippen LogP) is 1.59. The second kappa shape index (κ2) is 7.37. The van der Waals surface area contributed by atoms with Gasteiger partial charge < -0.3 is 14.9 Å². The van der Waals surface area contributed by atoms with Crippen LogP contribution >= 0.6 is 0 Å². The monoisotopic (exact) mass is 355 g/mol. The number of piperidine rings is 1. The van der Waals surface area contributed by atoms with Crippen molar-refractivity contribution in [3.05, 3.63) is 47.7 Å².